The molecule has 124 valence electrons. The Hall–Kier alpha value is 0.630. The number of nitrogens with one attached hydrogen (secondary N) is 2. The minimum absolute atomic E-state index is 0.676. The number of methoxy groups -OCH3 is 2. The van der Waals surface area contributed by atoms with Crippen LogP contribution in [0.4, 0.5) is 9.59 Å². The quantitative estimate of drug-likeness (QED) is 0.511. The first kappa shape index (κ1) is 21.6. The SMILES string of the molecule is COC(=O)N[C@@H](S[C@H](NC(=O)OC)C(Cl)(Cl)Cl)C(Cl)(Cl)Cl. The van der Waals surface area contributed by atoms with Crippen molar-refractivity contribution in [1.82, 2.24) is 10.6 Å². The number of alkyl halides is 6. The highest BCUT2D eigenvalue weighted by atomic mass is 35.6. The molecule has 0 spiro atoms. The van der Waals surface area contributed by atoms with E-state index < -0.39 is 30.5 Å². The van der Waals surface area contributed by atoms with Crippen LogP contribution in [0.3, 0.4) is 0 Å². The van der Waals surface area contributed by atoms with E-state index in [9.17, 15) is 9.59 Å². The Morgan fingerprint density at radius 2 is 1.14 bits per heavy atom. The van der Waals surface area contributed by atoms with E-state index >= 15 is 0 Å². The molecule has 0 bridgehead atoms. The Morgan fingerprint density at radius 1 is 0.857 bits per heavy atom. The maximum atomic E-state index is 11.2. The van der Waals surface area contributed by atoms with Gasteiger partial charge in [0.2, 0.25) is 7.59 Å². The Labute approximate surface area is 155 Å². The number of hydrogen-bond acceptors (Lipinski definition) is 5. The van der Waals surface area contributed by atoms with E-state index in [1.807, 2.05) is 0 Å². The van der Waals surface area contributed by atoms with Crippen molar-refractivity contribution < 1.29 is 19.1 Å². The van der Waals surface area contributed by atoms with E-state index in [-0.39, 0.29) is 0 Å². The van der Waals surface area contributed by atoms with Gasteiger partial charge in [0.25, 0.3) is 0 Å². The van der Waals surface area contributed by atoms with Crippen molar-refractivity contribution in [2.75, 3.05) is 14.2 Å². The van der Waals surface area contributed by atoms with E-state index in [0.29, 0.717) is 11.8 Å². The highest BCUT2D eigenvalue weighted by Gasteiger charge is 2.43. The monoisotopic (exact) mass is 440 g/mol. The van der Waals surface area contributed by atoms with Crippen LogP contribution in [0.2, 0.25) is 0 Å². The summed E-state index contributed by atoms with van der Waals surface area (Å²) in [6, 6.07) is 0. The Kier molecular flexibility index (Phi) is 9.33. The second-order valence-electron chi connectivity index (χ2n) is 3.25. The minimum Gasteiger partial charge on any atom is -0.453 e. The average Bonchev–Trinajstić information content (AvgIpc) is 2.33. The lowest BCUT2D eigenvalue weighted by Gasteiger charge is -2.31. The summed E-state index contributed by atoms with van der Waals surface area (Å²) < 4.78 is 4.86. The molecule has 0 aromatic rings. The van der Waals surface area contributed by atoms with Crippen molar-refractivity contribution in [3.63, 3.8) is 0 Å². The van der Waals surface area contributed by atoms with Crippen LogP contribution in [0.25, 0.3) is 0 Å². The Balaban J connectivity index is 5.12. The number of halogens is 6. The fourth-order valence-electron chi connectivity index (χ4n) is 0.854. The molecule has 0 radical (unpaired) electrons. The molecule has 0 heterocycles. The van der Waals surface area contributed by atoms with Gasteiger partial charge in [-0.15, -0.1) is 11.8 Å². The van der Waals surface area contributed by atoms with Crippen LogP contribution in [-0.2, 0) is 9.47 Å². The van der Waals surface area contributed by atoms with E-state index in [0.717, 1.165) is 14.2 Å². The van der Waals surface area contributed by atoms with Gasteiger partial charge in [0.15, 0.2) is 0 Å². The van der Waals surface area contributed by atoms with E-state index in [1.54, 1.807) is 0 Å². The van der Waals surface area contributed by atoms with Crippen molar-refractivity contribution >= 4 is 93.6 Å². The van der Waals surface area contributed by atoms with Crippen molar-refractivity contribution in [2.24, 2.45) is 0 Å². The maximum Gasteiger partial charge on any atom is 0.407 e. The summed E-state index contributed by atoms with van der Waals surface area (Å²) in [5, 5.41) is 2.10. The van der Waals surface area contributed by atoms with E-state index in [2.05, 4.69) is 20.1 Å². The summed E-state index contributed by atoms with van der Waals surface area (Å²) >= 11 is 35.1. The molecule has 0 unspecified atom stereocenters. The first-order chi connectivity index (χ1) is 9.41. The predicted molar refractivity (Wildman–Crippen MR) is 86.8 cm³/mol. The number of ether oxygens (including phenoxy) is 2. The van der Waals surface area contributed by atoms with Crippen LogP contribution in [-0.4, -0.2) is 44.7 Å². The van der Waals surface area contributed by atoms with Gasteiger partial charge >= 0.3 is 12.2 Å². The zero-order chi connectivity index (χ0) is 16.8. The minimum atomic E-state index is -1.97. The lowest BCUT2D eigenvalue weighted by molar-refractivity contribution is 0.170. The maximum absolute atomic E-state index is 11.2. The summed E-state index contributed by atoms with van der Waals surface area (Å²) in [5.41, 5.74) is 0. The number of amides is 2. The van der Waals surface area contributed by atoms with Gasteiger partial charge in [-0.05, 0) is 0 Å². The normalized spacial score (nSPS) is 14.9. The van der Waals surface area contributed by atoms with Crippen LogP contribution >= 0.6 is 81.4 Å². The lowest BCUT2D eigenvalue weighted by Crippen LogP contribution is -2.48. The van der Waals surface area contributed by atoms with Crippen molar-refractivity contribution in [3.8, 4) is 0 Å². The number of hydrogen-bond donors (Lipinski definition) is 2. The first-order valence-electron chi connectivity index (χ1n) is 4.89. The summed E-state index contributed by atoms with van der Waals surface area (Å²) in [4.78, 5) is 22.5. The lowest BCUT2D eigenvalue weighted by atomic mass is 10.7. The van der Waals surface area contributed by atoms with Crippen LogP contribution in [0.5, 0.6) is 0 Å². The largest absolute Gasteiger partial charge is 0.453 e. The fraction of sp³-hybridized carbons (Fsp3) is 0.750. The molecule has 0 aromatic carbocycles. The van der Waals surface area contributed by atoms with Crippen LogP contribution in [0, 0.1) is 0 Å². The molecule has 0 fully saturated rings. The molecule has 0 aliphatic heterocycles. The highest BCUT2D eigenvalue weighted by molar-refractivity contribution is 8.01. The number of rotatable bonds is 4. The molecular formula is C8H10Cl6N2O4S. The highest BCUT2D eigenvalue weighted by Crippen LogP contribution is 2.43. The zero-order valence-corrected chi connectivity index (χ0v) is 15.8. The van der Waals surface area contributed by atoms with Gasteiger partial charge in [-0.3, -0.25) is 0 Å². The molecule has 0 saturated carbocycles. The van der Waals surface area contributed by atoms with Gasteiger partial charge < -0.3 is 20.1 Å². The smallest absolute Gasteiger partial charge is 0.407 e. The third-order valence-electron chi connectivity index (χ3n) is 1.74. The summed E-state index contributed by atoms with van der Waals surface area (Å²) in [6.45, 7) is 0. The van der Waals surface area contributed by atoms with E-state index in [4.69, 9.17) is 69.6 Å². The van der Waals surface area contributed by atoms with Gasteiger partial charge in [-0.1, -0.05) is 69.6 Å². The predicted octanol–water partition coefficient (Wildman–Crippen LogP) is 3.82. The summed E-state index contributed by atoms with van der Waals surface area (Å²) in [5.74, 6) is 0. The molecule has 21 heavy (non-hydrogen) atoms. The first-order valence-corrected chi connectivity index (χ1v) is 8.10. The zero-order valence-electron chi connectivity index (χ0n) is 10.5. The standard InChI is InChI=1S/C8H10Cl6N2O4S/c1-19-5(17)15-3(7(9,10)11)21-4(8(12,13)14)16-6(18)20-2/h3-4H,1-2H3,(H,15,17)(H,16,18)/t3-,4-/m0/s1. The molecule has 6 nitrogen and oxygen atoms in total. The van der Waals surface area contributed by atoms with Crippen molar-refractivity contribution in [3.05, 3.63) is 0 Å². The van der Waals surface area contributed by atoms with Gasteiger partial charge in [0.05, 0.1) is 14.2 Å². The van der Waals surface area contributed by atoms with Gasteiger partial charge in [-0.2, -0.15) is 0 Å². The van der Waals surface area contributed by atoms with Crippen molar-refractivity contribution in [2.45, 2.75) is 18.3 Å². The molecular weight excluding hydrogens is 433 g/mol. The topological polar surface area (TPSA) is 76.7 Å². The van der Waals surface area contributed by atoms with Crippen molar-refractivity contribution in [1.29, 1.82) is 0 Å². The Morgan fingerprint density at radius 3 is 1.33 bits per heavy atom. The molecule has 2 N–H and O–H groups in total. The fourth-order valence-corrected chi connectivity index (χ4v) is 3.02. The average molecular weight is 443 g/mol. The molecule has 0 saturated heterocycles. The summed E-state index contributed by atoms with van der Waals surface area (Å²) in [7, 11) is 2.24. The van der Waals surface area contributed by atoms with Crippen LogP contribution < -0.4 is 10.6 Å². The number of carbonyl (C=O) groups is 2. The molecule has 0 aliphatic carbocycles. The number of alkyl carbamates (subject to hydrolysis) is 2. The van der Waals surface area contributed by atoms with Crippen LogP contribution in [0.1, 0.15) is 0 Å². The molecule has 0 rings (SSSR count). The van der Waals surface area contributed by atoms with Crippen LogP contribution in [0.15, 0.2) is 0 Å². The number of carbonyl (C=O) groups excluding carboxylic acids is 2. The molecule has 0 aromatic heterocycles. The third-order valence-corrected chi connectivity index (χ3v) is 5.31. The molecule has 13 heteroatoms. The number of thioether (sulfide) groups is 1. The van der Waals surface area contributed by atoms with E-state index in [1.165, 1.54) is 0 Å². The molecule has 0 aliphatic rings. The Bertz CT molecular complexity index is 341. The molecule has 2 amide bonds. The second-order valence-corrected chi connectivity index (χ2v) is 9.20. The van der Waals surface area contributed by atoms with Gasteiger partial charge in [0.1, 0.15) is 10.7 Å². The van der Waals surface area contributed by atoms with Gasteiger partial charge in [-0.25, -0.2) is 9.59 Å². The third kappa shape index (κ3) is 8.74. The second kappa shape index (κ2) is 9.05. The van der Waals surface area contributed by atoms with Gasteiger partial charge in [0, 0.05) is 0 Å². The summed E-state index contributed by atoms with van der Waals surface area (Å²) in [6.07, 6.45) is -1.75. The molecule has 2 atom stereocenters.